The fourth-order valence-electron chi connectivity index (χ4n) is 3.01. The summed E-state index contributed by atoms with van der Waals surface area (Å²) in [4.78, 5) is 13.6. The van der Waals surface area contributed by atoms with Gasteiger partial charge in [0.05, 0.1) is 17.2 Å². The van der Waals surface area contributed by atoms with Crippen molar-refractivity contribution in [2.24, 2.45) is 11.7 Å². The molecule has 2 unspecified atom stereocenters. The zero-order chi connectivity index (χ0) is 16.1. The normalized spacial score (nSPS) is 22.5. The number of likely N-dealkylation sites (tertiary alicyclic amines) is 1. The van der Waals surface area contributed by atoms with E-state index in [1.54, 1.807) is 0 Å². The summed E-state index contributed by atoms with van der Waals surface area (Å²) in [5, 5.41) is 1.14. The van der Waals surface area contributed by atoms with Gasteiger partial charge >= 0.3 is 5.97 Å². The van der Waals surface area contributed by atoms with Gasteiger partial charge in [0.25, 0.3) is 0 Å². The summed E-state index contributed by atoms with van der Waals surface area (Å²) in [6.07, 6.45) is 2.22. The molecule has 2 rings (SSSR count). The zero-order valence-electron chi connectivity index (χ0n) is 12.7. The summed E-state index contributed by atoms with van der Waals surface area (Å²) >= 11 is 12.0. The Balaban J connectivity index is 1.92. The number of hydrogen-bond donors (Lipinski definition) is 1. The first-order chi connectivity index (χ1) is 10.5. The standard InChI is InChI=1S/C16H22Cl2N2O2/c1-22-16(21)5-3-11-6-13(19)10-20(8-11)9-12-2-4-14(17)15(18)7-12/h2,4,7,11,13H,3,5-6,8-10,19H2,1H3. The molecule has 0 aromatic heterocycles. The minimum absolute atomic E-state index is 0.138. The van der Waals surface area contributed by atoms with E-state index in [2.05, 4.69) is 4.90 Å². The molecule has 1 aromatic carbocycles. The largest absolute Gasteiger partial charge is 0.469 e. The first-order valence-electron chi connectivity index (χ1n) is 7.46. The summed E-state index contributed by atoms with van der Waals surface area (Å²) < 4.78 is 4.70. The van der Waals surface area contributed by atoms with Gasteiger partial charge < -0.3 is 10.5 Å². The molecule has 1 heterocycles. The maximum atomic E-state index is 11.3. The van der Waals surface area contributed by atoms with E-state index >= 15 is 0 Å². The van der Waals surface area contributed by atoms with Gasteiger partial charge in [-0.05, 0) is 36.5 Å². The van der Waals surface area contributed by atoms with E-state index in [9.17, 15) is 4.79 Å². The summed E-state index contributed by atoms with van der Waals surface area (Å²) in [5.41, 5.74) is 7.28. The Morgan fingerprint density at radius 3 is 2.82 bits per heavy atom. The van der Waals surface area contributed by atoms with Gasteiger partial charge in [0.1, 0.15) is 0 Å². The lowest BCUT2D eigenvalue weighted by atomic mass is 9.90. The molecular weight excluding hydrogens is 323 g/mol. The summed E-state index contributed by atoms with van der Waals surface area (Å²) in [6.45, 7) is 2.58. The second-order valence-corrected chi connectivity index (χ2v) is 6.73. The first-order valence-corrected chi connectivity index (χ1v) is 8.22. The number of carbonyl (C=O) groups is 1. The minimum Gasteiger partial charge on any atom is -0.469 e. The first kappa shape index (κ1) is 17.5. The highest BCUT2D eigenvalue weighted by atomic mass is 35.5. The predicted octanol–water partition coefficient (Wildman–Crippen LogP) is 3.10. The zero-order valence-corrected chi connectivity index (χ0v) is 14.2. The van der Waals surface area contributed by atoms with Crippen LogP contribution < -0.4 is 5.73 Å². The number of methoxy groups -OCH3 is 1. The predicted molar refractivity (Wildman–Crippen MR) is 89.1 cm³/mol. The summed E-state index contributed by atoms with van der Waals surface area (Å²) in [7, 11) is 1.42. The number of nitrogens with two attached hydrogens (primary N) is 1. The van der Waals surface area contributed by atoms with Crippen molar-refractivity contribution in [1.82, 2.24) is 4.90 Å². The molecule has 0 bridgehead atoms. The van der Waals surface area contributed by atoms with Crippen molar-refractivity contribution < 1.29 is 9.53 Å². The van der Waals surface area contributed by atoms with Crippen LogP contribution in [-0.4, -0.2) is 37.1 Å². The molecule has 0 saturated carbocycles. The number of ether oxygens (including phenoxy) is 1. The number of nitrogens with zero attached hydrogens (tertiary/aromatic N) is 1. The third kappa shape index (κ3) is 5.13. The van der Waals surface area contributed by atoms with Crippen LogP contribution in [0.15, 0.2) is 18.2 Å². The van der Waals surface area contributed by atoms with Gasteiger partial charge in [-0.1, -0.05) is 29.3 Å². The molecule has 22 heavy (non-hydrogen) atoms. The van der Waals surface area contributed by atoms with Crippen LogP contribution in [0, 0.1) is 5.92 Å². The van der Waals surface area contributed by atoms with Gasteiger partial charge in [0.2, 0.25) is 0 Å². The maximum Gasteiger partial charge on any atom is 0.305 e. The van der Waals surface area contributed by atoms with Crippen molar-refractivity contribution in [2.75, 3.05) is 20.2 Å². The lowest BCUT2D eigenvalue weighted by Gasteiger charge is -2.36. The lowest BCUT2D eigenvalue weighted by molar-refractivity contribution is -0.141. The third-order valence-corrected chi connectivity index (χ3v) is 4.76. The average Bonchev–Trinajstić information content (AvgIpc) is 2.48. The van der Waals surface area contributed by atoms with Crippen molar-refractivity contribution in [3.63, 3.8) is 0 Å². The smallest absolute Gasteiger partial charge is 0.305 e. The fraction of sp³-hybridized carbons (Fsp3) is 0.562. The number of hydrogen-bond acceptors (Lipinski definition) is 4. The van der Waals surface area contributed by atoms with Gasteiger partial charge in [0, 0.05) is 32.1 Å². The lowest BCUT2D eigenvalue weighted by Crippen LogP contribution is -2.46. The van der Waals surface area contributed by atoms with Crippen LogP contribution in [0.5, 0.6) is 0 Å². The van der Waals surface area contributed by atoms with Crippen molar-refractivity contribution in [2.45, 2.75) is 31.8 Å². The molecule has 0 spiro atoms. The number of halogens is 2. The highest BCUT2D eigenvalue weighted by Gasteiger charge is 2.25. The highest BCUT2D eigenvalue weighted by Crippen LogP contribution is 2.26. The second-order valence-electron chi connectivity index (χ2n) is 5.92. The summed E-state index contributed by atoms with van der Waals surface area (Å²) in [6, 6.07) is 5.84. The highest BCUT2D eigenvalue weighted by molar-refractivity contribution is 6.42. The molecule has 1 fully saturated rings. The van der Waals surface area contributed by atoms with E-state index in [0.717, 1.165) is 38.0 Å². The van der Waals surface area contributed by atoms with E-state index in [1.165, 1.54) is 7.11 Å². The van der Waals surface area contributed by atoms with Crippen molar-refractivity contribution in [3.05, 3.63) is 33.8 Å². The van der Waals surface area contributed by atoms with Gasteiger partial charge in [-0.15, -0.1) is 0 Å². The van der Waals surface area contributed by atoms with E-state index in [1.807, 2.05) is 18.2 Å². The van der Waals surface area contributed by atoms with Crippen LogP contribution in [0.1, 0.15) is 24.8 Å². The Kier molecular flexibility index (Phi) is 6.50. The number of piperidine rings is 1. The molecule has 0 amide bonds. The quantitative estimate of drug-likeness (QED) is 0.834. The van der Waals surface area contributed by atoms with Crippen LogP contribution in [-0.2, 0) is 16.1 Å². The SMILES string of the molecule is COC(=O)CCC1CC(N)CN(Cc2ccc(Cl)c(Cl)c2)C1. The van der Waals surface area contributed by atoms with Crippen LogP contribution in [0.4, 0.5) is 0 Å². The van der Waals surface area contributed by atoms with Crippen LogP contribution in [0.3, 0.4) is 0 Å². The fourth-order valence-corrected chi connectivity index (χ4v) is 3.33. The van der Waals surface area contributed by atoms with E-state index in [-0.39, 0.29) is 12.0 Å². The molecule has 122 valence electrons. The van der Waals surface area contributed by atoms with Gasteiger partial charge in [-0.25, -0.2) is 0 Å². The summed E-state index contributed by atoms with van der Waals surface area (Å²) in [5.74, 6) is 0.265. The van der Waals surface area contributed by atoms with Gasteiger partial charge in [0.15, 0.2) is 0 Å². The topological polar surface area (TPSA) is 55.6 Å². The molecule has 1 aliphatic rings. The Morgan fingerprint density at radius 1 is 1.36 bits per heavy atom. The minimum atomic E-state index is -0.157. The van der Waals surface area contributed by atoms with Crippen LogP contribution in [0.2, 0.25) is 10.0 Å². The van der Waals surface area contributed by atoms with Crippen molar-refractivity contribution in [3.8, 4) is 0 Å². The maximum absolute atomic E-state index is 11.3. The monoisotopic (exact) mass is 344 g/mol. The van der Waals surface area contributed by atoms with Gasteiger partial charge in [-0.2, -0.15) is 0 Å². The second kappa shape index (κ2) is 8.16. The van der Waals surface area contributed by atoms with Crippen molar-refractivity contribution in [1.29, 1.82) is 0 Å². The van der Waals surface area contributed by atoms with E-state index < -0.39 is 0 Å². The van der Waals surface area contributed by atoms with Crippen LogP contribution >= 0.6 is 23.2 Å². The molecule has 4 nitrogen and oxygen atoms in total. The Labute approximate surface area is 141 Å². The van der Waals surface area contributed by atoms with Crippen molar-refractivity contribution >= 4 is 29.2 Å². The molecule has 6 heteroatoms. The number of esters is 1. The Bertz CT molecular complexity index is 525. The molecule has 1 aromatic rings. The Hall–Kier alpha value is -0.810. The molecular formula is C16H22Cl2N2O2. The molecule has 2 N–H and O–H groups in total. The molecule has 1 aliphatic heterocycles. The number of benzene rings is 1. The number of rotatable bonds is 5. The molecule has 2 atom stereocenters. The molecule has 0 radical (unpaired) electrons. The van der Waals surface area contributed by atoms with E-state index in [0.29, 0.717) is 22.4 Å². The molecule has 1 saturated heterocycles. The average molecular weight is 345 g/mol. The van der Waals surface area contributed by atoms with Crippen LogP contribution in [0.25, 0.3) is 0 Å². The Morgan fingerprint density at radius 2 is 2.14 bits per heavy atom. The van der Waals surface area contributed by atoms with Gasteiger partial charge in [-0.3, -0.25) is 9.69 Å². The number of carbonyl (C=O) groups excluding carboxylic acids is 1. The molecule has 0 aliphatic carbocycles. The third-order valence-electron chi connectivity index (χ3n) is 4.02. The van der Waals surface area contributed by atoms with E-state index in [4.69, 9.17) is 33.7 Å².